The van der Waals surface area contributed by atoms with Crippen LogP contribution in [-0.2, 0) is 5.41 Å². The summed E-state index contributed by atoms with van der Waals surface area (Å²) in [5.41, 5.74) is 6.98. The van der Waals surface area contributed by atoms with Crippen LogP contribution in [0.3, 0.4) is 0 Å². The second kappa shape index (κ2) is 12.5. The van der Waals surface area contributed by atoms with Gasteiger partial charge in [0.2, 0.25) is 11.8 Å². The molecule has 0 aliphatic heterocycles. The summed E-state index contributed by atoms with van der Waals surface area (Å²) in [6, 6.07) is 16.0. The molecule has 35 heavy (non-hydrogen) atoms. The minimum atomic E-state index is 0.0898. The Morgan fingerprint density at radius 3 is 1.89 bits per heavy atom. The highest BCUT2D eigenvalue weighted by Gasteiger charge is 2.42. The van der Waals surface area contributed by atoms with Gasteiger partial charge in [0.15, 0.2) is 0 Å². The molecule has 0 saturated carbocycles. The molecule has 1 heterocycles. The Morgan fingerprint density at radius 2 is 1.26 bits per heavy atom. The molecule has 1 aliphatic carbocycles. The highest BCUT2D eigenvalue weighted by atomic mass is 16.4. The van der Waals surface area contributed by atoms with E-state index in [2.05, 4.69) is 66.5 Å². The molecule has 0 amide bonds. The molecule has 0 unspecified atom stereocenters. The fourth-order valence-corrected chi connectivity index (χ4v) is 6.08. The Balaban J connectivity index is 1.64. The van der Waals surface area contributed by atoms with Crippen LogP contribution in [0.1, 0.15) is 121 Å². The maximum atomic E-state index is 5.82. The van der Waals surface area contributed by atoms with Gasteiger partial charge in [0.25, 0.3) is 0 Å². The molecule has 3 nitrogen and oxygen atoms in total. The molecule has 1 aromatic heterocycles. The van der Waals surface area contributed by atoms with Gasteiger partial charge in [-0.2, -0.15) is 0 Å². The summed E-state index contributed by atoms with van der Waals surface area (Å²) in [4.78, 5) is 0. The molecule has 1 aliphatic rings. The van der Waals surface area contributed by atoms with Crippen LogP contribution in [0, 0.1) is 6.92 Å². The Bertz CT molecular complexity index is 1050. The second-order valence-electron chi connectivity index (χ2n) is 10.5. The zero-order valence-electron chi connectivity index (χ0n) is 22.2. The number of benzene rings is 2. The van der Waals surface area contributed by atoms with Gasteiger partial charge in [-0.15, -0.1) is 10.2 Å². The van der Waals surface area contributed by atoms with E-state index in [9.17, 15) is 0 Å². The van der Waals surface area contributed by atoms with Crippen molar-refractivity contribution in [2.45, 2.75) is 116 Å². The number of fused-ring (bicyclic) bond motifs is 3. The lowest BCUT2D eigenvalue weighted by Gasteiger charge is -2.33. The van der Waals surface area contributed by atoms with E-state index in [1.165, 1.54) is 112 Å². The number of hydrogen-bond acceptors (Lipinski definition) is 3. The van der Waals surface area contributed by atoms with Crippen LogP contribution in [0.25, 0.3) is 22.6 Å². The summed E-state index contributed by atoms with van der Waals surface area (Å²) in [6.45, 7) is 6.45. The lowest BCUT2D eigenvalue weighted by molar-refractivity contribution is 0.398. The minimum absolute atomic E-state index is 0.0898. The molecule has 0 N–H and O–H groups in total. The SMILES string of the molecule is CCCCCCCCC1(CCCCCCCC)c2ccccc2-c2ccc(-c3nnc(C)o3)cc21. The lowest BCUT2D eigenvalue weighted by Crippen LogP contribution is -2.25. The van der Waals surface area contributed by atoms with Gasteiger partial charge in [0.05, 0.1) is 0 Å². The predicted molar refractivity (Wildman–Crippen MR) is 147 cm³/mol. The van der Waals surface area contributed by atoms with Crippen molar-refractivity contribution in [1.29, 1.82) is 0 Å². The Labute approximate surface area is 212 Å². The van der Waals surface area contributed by atoms with Crippen LogP contribution in [0.5, 0.6) is 0 Å². The van der Waals surface area contributed by atoms with Crippen molar-refractivity contribution in [3.05, 3.63) is 59.5 Å². The van der Waals surface area contributed by atoms with Gasteiger partial charge in [-0.1, -0.05) is 121 Å². The molecular formula is C32H44N2O. The van der Waals surface area contributed by atoms with Gasteiger partial charge in [0.1, 0.15) is 0 Å². The molecule has 188 valence electrons. The van der Waals surface area contributed by atoms with E-state index in [0.29, 0.717) is 11.8 Å². The Morgan fingerprint density at radius 1 is 0.657 bits per heavy atom. The smallest absolute Gasteiger partial charge is 0.247 e. The maximum absolute atomic E-state index is 5.82. The van der Waals surface area contributed by atoms with E-state index >= 15 is 0 Å². The zero-order chi connectivity index (χ0) is 24.5. The molecular weight excluding hydrogens is 428 g/mol. The number of nitrogens with zero attached hydrogens (tertiary/aromatic N) is 2. The third-order valence-electron chi connectivity index (χ3n) is 7.96. The molecule has 0 bridgehead atoms. The fraction of sp³-hybridized carbons (Fsp3) is 0.562. The van der Waals surface area contributed by atoms with E-state index in [4.69, 9.17) is 4.42 Å². The molecule has 0 radical (unpaired) electrons. The summed E-state index contributed by atoms with van der Waals surface area (Å²) >= 11 is 0. The van der Waals surface area contributed by atoms with Gasteiger partial charge in [-0.05, 0) is 47.2 Å². The van der Waals surface area contributed by atoms with Crippen molar-refractivity contribution in [3.63, 3.8) is 0 Å². The number of hydrogen-bond donors (Lipinski definition) is 0. The van der Waals surface area contributed by atoms with Crippen LogP contribution in [-0.4, -0.2) is 10.2 Å². The second-order valence-corrected chi connectivity index (χ2v) is 10.5. The number of aryl methyl sites for hydroxylation is 1. The summed E-state index contributed by atoms with van der Waals surface area (Å²) in [5.74, 6) is 1.25. The van der Waals surface area contributed by atoms with Crippen LogP contribution in [0.4, 0.5) is 0 Å². The third kappa shape index (κ3) is 5.88. The average Bonchev–Trinajstić information content (AvgIpc) is 3.43. The van der Waals surface area contributed by atoms with Crippen LogP contribution in [0.15, 0.2) is 46.9 Å². The monoisotopic (exact) mass is 472 g/mol. The number of aromatic nitrogens is 2. The number of unbranched alkanes of at least 4 members (excludes halogenated alkanes) is 10. The Hall–Kier alpha value is -2.42. The van der Waals surface area contributed by atoms with E-state index in [1.807, 2.05) is 6.92 Å². The topological polar surface area (TPSA) is 38.9 Å². The Kier molecular flexibility index (Phi) is 9.18. The first kappa shape index (κ1) is 25.7. The van der Waals surface area contributed by atoms with Crippen molar-refractivity contribution in [2.75, 3.05) is 0 Å². The van der Waals surface area contributed by atoms with E-state index in [0.717, 1.165) is 5.56 Å². The summed E-state index contributed by atoms with van der Waals surface area (Å²) in [7, 11) is 0. The molecule has 0 atom stereocenters. The van der Waals surface area contributed by atoms with E-state index in [1.54, 1.807) is 0 Å². The lowest BCUT2D eigenvalue weighted by atomic mass is 9.70. The summed E-state index contributed by atoms with van der Waals surface area (Å²) < 4.78 is 5.82. The molecule has 2 aromatic carbocycles. The first-order valence-electron chi connectivity index (χ1n) is 14.2. The van der Waals surface area contributed by atoms with Gasteiger partial charge in [-0.3, -0.25) is 0 Å². The first-order valence-corrected chi connectivity index (χ1v) is 14.2. The normalized spacial score (nSPS) is 13.7. The predicted octanol–water partition coefficient (Wildman–Crippen LogP) is 9.81. The molecule has 0 saturated heterocycles. The molecule has 0 spiro atoms. The van der Waals surface area contributed by atoms with Crippen molar-refractivity contribution in [3.8, 4) is 22.6 Å². The summed E-state index contributed by atoms with van der Waals surface area (Å²) in [6.07, 6.45) is 18.5. The van der Waals surface area contributed by atoms with Crippen LogP contribution < -0.4 is 0 Å². The van der Waals surface area contributed by atoms with Crippen molar-refractivity contribution in [1.82, 2.24) is 10.2 Å². The molecule has 0 fully saturated rings. The van der Waals surface area contributed by atoms with Crippen LogP contribution >= 0.6 is 0 Å². The maximum Gasteiger partial charge on any atom is 0.247 e. The van der Waals surface area contributed by atoms with Crippen molar-refractivity contribution < 1.29 is 4.42 Å². The van der Waals surface area contributed by atoms with Gasteiger partial charge >= 0.3 is 0 Å². The van der Waals surface area contributed by atoms with Crippen molar-refractivity contribution in [2.24, 2.45) is 0 Å². The standard InChI is InChI=1S/C32H44N2O/c1-4-6-8-10-12-16-22-32(23-17-13-11-9-7-5-2)29-19-15-14-18-27(29)28-21-20-26(24-30(28)32)31-34-33-25(3)35-31/h14-15,18-21,24H,4-13,16-17,22-23H2,1-3H3. The minimum Gasteiger partial charge on any atom is -0.421 e. The third-order valence-corrected chi connectivity index (χ3v) is 7.96. The fourth-order valence-electron chi connectivity index (χ4n) is 6.08. The highest BCUT2D eigenvalue weighted by Crippen LogP contribution is 2.54. The van der Waals surface area contributed by atoms with Gasteiger partial charge in [0, 0.05) is 17.9 Å². The molecule has 4 rings (SSSR count). The average molecular weight is 473 g/mol. The summed E-state index contributed by atoms with van der Waals surface area (Å²) in [5, 5.41) is 8.42. The first-order chi connectivity index (χ1) is 17.2. The molecule has 3 heteroatoms. The van der Waals surface area contributed by atoms with E-state index < -0.39 is 0 Å². The van der Waals surface area contributed by atoms with Gasteiger partial charge in [-0.25, -0.2) is 0 Å². The van der Waals surface area contributed by atoms with Gasteiger partial charge < -0.3 is 4.42 Å². The van der Waals surface area contributed by atoms with Crippen LogP contribution in [0.2, 0.25) is 0 Å². The zero-order valence-corrected chi connectivity index (χ0v) is 22.2. The van der Waals surface area contributed by atoms with Crippen molar-refractivity contribution >= 4 is 0 Å². The molecule has 3 aromatic rings. The number of rotatable bonds is 15. The van der Waals surface area contributed by atoms with E-state index in [-0.39, 0.29) is 5.41 Å². The largest absolute Gasteiger partial charge is 0.421 e. The highest BCUT2D eigenvalue weighted by molar-refractivity contribution is 5.83. The quantitative estimate of drug-likeness (QED) is 0.207.